The van der Waals surface area contributed by atoms with Crippen LogP contribution in [0.15, 0.2) is 84.9 Å². The molecule has 1 saturated carbocycles. The molecule has 0 radical (unpaired) electrons. The normalized spacial score (nSPS) is 27.8. The molecule has 5 fully saturated rings. The smallest absolute Gasteiger partial charge is 0.348 e. The Hall–Kier alpha value is -5.98. The third kappa shape index (κ3) is 9.61. The van der Waals surface area contributed by atoms with Gasteiger partial charge in [0.25, 0.3) is 0 Å². The lowest BCUT2D eigenvalue weighted by atomic mass is 9.62. The minimum Gasteiger partial charge on any atom is -0.462 e. The summed E-state index contributed by atoms with van der Waals surface area (Å²) < 4.78 is 36.1. The minimum atomic E-state index is -1.64. The van der Waals surface area contributed by atoms with Crippen LogP contribution in [-0.2, 0) is 87.8 Å². The molecule has 9 rings (SSSR count). The van der Waals surface area contributed by atoms with Crippen LogP contribution >= 0.6 is 0 Å². The third-order valence-electron chi connectivity index (χ3n) is 14.2. The van der Waals surface area contributed by atoms with Gasteiger partial charge in [0.2, 0.25) is 17.9 Å². The van der Waals surface area contributed by atoms with Crippen LogP contribution < -0.4 is 5.32 Å². The highest BCUT2D eigenvalue weighted by molar-refractivity contribution is 5.96. The predicted molar refractivity (Wildman–Crippen MR) is 248 cm³/mol. The first-order valence-electron chi connectivity index (χ1n) is 23.9. The maximum Gasteiger partial charge on any atom is 0.348 e. The highest BCUT2D eigenvalue weighted by Crippen LogP contribution is 2.59. The number of esters is 4. The van der Waals surface area contributed by atoms with Crippen molar-refractivity contribution in [2.45, 2.75) is 140 Å². The van der Waals surface area contributed by atoms with Crippen molar-refractivity contribution < 1.29 is 67.1 Å². The van der Waals surface area contributed by atoms with Gasteiger partial charge in [0.15, 0.2) is 11.8 Å². The second-order valence-corrected chi connectivity index (χ2v) is 21.0. The number of nitrogens with zero attached hydrogens (tertiary/aromatic N) is 2. The van der Waals surface area contributed by atoms with Crippen molar-refractivity contribution in [1.82, 2.24) is 15.3 Å². The SMILES string of the molecule is CN(C(=O)[C@@]12C[C@H]3OC(=O)[C@@H]1N(Cc1cccc(C=CC(=O)O[C@H]4C(=O)OCC4(C)C)c1)O[C@@H]2[C@H]1OC2(Cc4ccccc4C2)O[C@H]13)[C@H](Cc1ccccc1)C(=O)N[C@H](CO)CCC(=O)OC(C)(C)C. The number of fused-ring (bicyclic) bond motifs is 5. The quantitative estimate of drug-likeness (QED) is 0.126. The molecule has 17 nitrogen and oxygen atoms in total. The van der Waals surface area contributed by atoms with E-state index in [2.05, 4.69) is 5.32 Å². The van der Waals surface area contributed by atoms with Crippen molar-refractivity contribution in [1.29, 1.82) is 0 Å². The first-order valence-corrected chi connectivity index (χ1v) is 23.9. The number of ether oxygens (including phenoxy) is 6. The Bertz CT molecular complexity index is 2530. The summed E-state index contributed by atoms with van der Waals surface area (Å²) in [6.45, 7) is 8.47. The Balaban J connectivity index is 1.02. The lowest BCUT2D eigenvalue weighted by Crippen LogP contribution is -2.70. The van der Waals surface area contributed by atoms with Gasteiger partial charge in [0.05, 0.1) is 19.2 Å². The van der Waals surface area contributed by atoms with E-state index in [-0.39, 0.29) is 38.8 Å². The summed E-state index contributed by atoms with van der Waals surface area (Å²) in [7, 11) is 1.53. The number of benzene rings is 3. The van der Waals surface area contributed by atoms with Gasteiger partial charge in [-0.1, -0.05) is 92.7 Å². The molecular formula is C53H61N3O14. The molecule has 2 aliphatic carbocycles. The molecule has 3 aromatic carbocycles. The highest BCUT2D eigenvalue weighted by atomic mass is 16.8. The summed E-state index contributed by atoms with van der Waals surface area (Å²) in [5.74, 6) is -4.72. The van der Waals surface area contributed by atoms with Gasteiger partial charge in [-0.15, -0.1) is 0 Å². The number of aliphatic hydroxyl groups excluding tert-OH is 1. The van der Waals surface area contributed by atoms with Crippen LogP contribution in [0.4, 0.5) is 0 Å². The first kappa shape index (κ1) is 49.0. The Labute approximate surface area is 406 Å². The van der Waals surface area contributed by atoms with Crippen LogP contribution in [0, 0.1) is 10.8 Å². The summed E-state index contributed by atoms with van der Waals surface area (Å²) in [6, 6.07) is 21.0. The van der Waals surface area contributed by atoms with Crippen LogP contribution in [0.5, 0.6) is 0 Å². The monoisotopic (exact) mass is 963 g/mol. The molecule has 0 unspecified atom stereocenters. The number of hydrogen-bond donors (Lipinski definition) is 2. The largest absolute Gasteiger partial charge is 0.462 e. The standard InChI is InChI=1S/C53H61N3O14/c1-50(2,3)67-40(59)22-20-36(29-57)54-46(60)37(24-31-13-8-7-9-14-31)55(6)49(63)53-27-38-41-42(69-52(68-41)25-34-17-10-11-18-35(34)26-52)44(53)70-56(43(53)47(61)65-38)28-33-16-12-15-32(23-33)19-21-39(58)66-45-48(62)64-30-51(45,4)5/h7-19,21,23,36-38,41-45,57H,20,22,24-30H2,1-6H3,(H,54,60)/t36-,37+,38+,41-,42-,43-,44+,45-,53-/m0/s1. The van der Waals surface area contributed by atoms with Gasteiger partial charge in [-0.25, -0.2) is 9.59 Å². The molecule has 4 aliphatic heterocycles. The number of nitrogens with one attached hydrogen (secondary N) is 1. The van der Waals surface area contributed by atoms with Crippen LogP contribution in [0.3, 0.4) is 0 Å². The van der Waals surface area contributed by atoms with E-state index in [9.17, 15) is 29.1 Å². The molecule has 0 aromatic heterocycles. The van der Waals surface area contributed by atoms with E-state index in [0.29, 0.717) is 24.0 Å². The van der Waals surface area contributed by atoms with Crippen molar-refractivity contribution in [3.63, 3.8) is 0 Å². The fraction of sp³-hybridized carbons (Fsp3) is 0.509. The van der Waals surface area contributed by atoms with Gasteiger partial charge in [0, 0.05) is 50.6 Å². The molecule has 9 atom stereocenters. The Morgan fingerprint density at radius 2 is 1.61 bits per heavy atom. The topological polar surface area (TPSA) is 206 Å². The van der Waals surface area contributed by atoms with Gasteiger partial charge in [-0.2, -0.15) is 5.06 Å². The lowest BCUT2D eigenvalue weighted by Gasteiger charge is -2.50. The number of hydroxylamine groups is 2. The first-order chi connectivity index (χ1) is 33.3. The van der Waals surface area contributed by atoms with Crippen LogP contribution in [0.1, 0.15) is 81.7 Å². The van der Waals surface area contributed by atoms with E-state index in [0.717, 1.165) is 16.7 Å². The van der Waals surface area contributed by atoms with Crippen LogP contribution in [0.25, 0.3) is 6.08 Å². The van der Waals surface area contributed by atoms with E-state index >= 15 is 4.79 Å². The Morgan fingerprint density at radius 1 is 0.929 bits per heavy atom. The average Bonchev–Trinajstić information content (AvgIpc) is 4.05. The highest BCUT2D eigenvalue weighted by Gasteiger charge is 2.77. The van der Waals surface area contributed by atoms with Crippen molar-refractivity contribution in [2.24, 2.45) is 10.8 Å². The summed E-state index contributed by atoms with van der Waals surface area (Å²) in [6.07, 6.45) is -0.916. The van der Waals surface area contributed by atoms with E-state index in [1.165, 1.54) is 23.1 Å². The molecule has 3 aromatic rings. The molecule has 70 heavy (non-hydrogen) atoms. The molecule has 372 valence electrons. The summed E-state index contributed by atoms with van der Waals surface area (Å²) in [4.78, 5) is 91.2. The van der Waals surface area contributed by atoms with E-state index in [1.807, 2.05) is 60.7 Å². The van der Waals surface area contributed by atoms with E-state index in [4.69, 9.17) is 33.3 Å². The molecule has 2 N–H and O–H groups in total. The maximum absolute atomic E-state index is 15.9. The van der Waals surface area contributed by atoms with E-state index < -0.39 is 113 Å². The molecule has 17 heteroatoms. The van der Waals surface area contributed by atoms with Gasteiger partial charge in [-0.3, -0.25) is 24.0 Å². The van der Waals surface area contributed by atoms with Crippen molar-refractivity contribution >= 4 is 41.8 Å². The number of cyclic esters (lactones) is 1. The fourth-order valence-corrected chi connectivity index (χ4v) is 10.9. The zero-order chi connectivity index (χ0) is 49.8. The van der Waals surface area contributed by atoms with Crippen LogP contribution in [-0.4, -0.2) is 131 Å². The van der Waals surface area contributed by atoms with Gasteiger partial charge >= 0.3 is 23.9 Å². The zero-order valence-corrected chi connectivity index (χ0v) is 40.3. The predicted octanol–water partition coefficient (Wildman–Crippen LogP) is 3.94. The number of hydrogen-bond acceptors (Lipinski definition) is 15. The summed E-state index contributed by atoms with van der Waals surface area (Å²) in [5.41, 5.74) is 1.10. The molecule has 4 heterocycles. The molecule has 2 amide bonds. The van der Waals surface area contributed by atoms with Crippen molar-refractivity contribution in [2.75, 3.05) is 20.3 Å². The average molecular weight is 964 g/mol. The third-order valence-corrected chi connectivity index (χ3v) is 14.2. The van der Waals surface area contributed by atoms with Crippen LogP contribution in [0.2, 0.25) is 0 Å². The van der Waals surface area contributed by atoms with Crippen molar-refractivity contribution in [3.8, 4) is 0 Å². The number of likely N-dealkylation sites (N-methyl/N-ethyl adjacent to an activating group) is 1. The number of amides is 2. The second-order valence-electron chi connectivity index (χ2n) is 21.0. The lowest BCUT2D eigenvalue weighted by molar-refractivity contribution is -0.218. The van der Waals surface area contributed by atoms with E-state index in [1.54, 1.807) is 58.9 Å². The number of carbonyl (C=O) groups excluding carboxylic acids is 6. The maximum atomic E-state index is 15.9. The Morgan fingerprint density at radius 3 is 2.29 bits per heavy atom. The molecule has 4 saturated heterocycles. The molecular weight excluding hydrogens is 903 g/mol. The molecule has 6 aliphatic rings. The Kier molecular flexibility index (Phi) is 13.3. The zero-order valence-electron chi connectivity index (χ0n) is 40.3. The van der Waals surface area contributed by atoms with Gasteiger partial charge < -0.3 is 43.7 Å². The number of carbonyl (C=O) groups is 6. The van der Waals surface area contributed by atoms with Gasteiger partial charge in [-0.05, 0) is 61.1 Å². The molecule has 2 bridgehead atoms. The minimum absolute atomic E-state index is 0.00631. The molecule has 1 spiro atoms. The second kappa shape index (κ2) is 19.0. The number of rotatable bonds is 15. The van der Waals surface area contributed by atoms with Gasteiger partial charge in [0.1, 0.15) is 48.1 Å². The summed E-state index contributed by atoms with van der Waals surface area (Å²) >= 11 is 0. The number of aliphatic hydroxyl groups is 1. The van der Waals surface area contributed by atoms with Crippen molar-refractivity contribution in [3.05, 3.63) is 113 Å². The fourth-order valence-electron chi connectivity index (χ4n) is 10.9. The summed E-state index contributed by atoms with van der Waals surface area (Å²) in [5, 5.41) is 14.8.